The molecule has 1 N–H and O–H groups in total. The van der Waals surface area contributed by atoms with Crippen molar-refractivity contribution in [3.05, 3.63) is 23.8 Å². The molecule has 1 aliphatic rings. The molecule has 0 radical (unpaired) electrons. The summed E-state index contributed by atoms with van der Waals surface area (Å²) in [5.41, 5.74) is 1.15. The molecule has 14 heavy (non-hydrogen) atoms. The molecule has 3 nitrogen and oxygen atoms in total. The molecule has 1 rings (SSSR count). The second-order valence-electron chi connectivity index (χ2n) is 2.88. The minimum Gasteiger partial charge on any atom is -0.465 e. The lowest BCUT2D eigenvalue weighted by Crippen LogP contribution is -2.25. The molecule has 78 valence electrons. The number of hydrogen-bond acceptors (Lipinski definition) is 3. The predicted molar refractivity (Wildman–Crippen MR) is 58.0 cm³/mol. The molecule has 0 aromatic heterocycles. The monoisotopic (exact) mass is 215 g/mol. The summed E-state index contributed by atoms with van der Waals surface area (Å²) in [6.07, 6.45) is 5.29. The summed E-state index contributed by atoms with van der Waals surface area (Å²) in [7, 11) is 0. The summed E-state index contributed by atoms with van der Waals surface area (Å²) >= 11 is 0. The lowest BCUT2D eigenvalue weighted by Gasteiger charge is -2.15. The van der Waals surface area contributed by atoms with Gasteiger partial charge in [-0.1, -0.05) is 18.2 Å². The van der Waals surface area contributed by atoms with Gasteiger partial charge in [-0.05, 0) is 19.4 Å². The molecule has 0 aliphatic heterocycles. The van der Waals surface area contributed by atoms with Crippen LogP contribution in [-0.2, 0) is 9.53 Å². The van der Waals surface area contributed by atoms with Gasteiger partial charge in [0.2, 0.25) is 0 Å². The first-order chi connectivity index (χ1) is 6.16. The molecule has 4 heteroatoms. The van der Waals surface area contributed by atoms with Crippen LogP contribution in [0.1, 0.15) is 13.8 Å². The highest BCUT2D eigenvalue weighted by Gasteiger charge is 2.24. The van der Waals surface area contributed by atoms with Gasteiger partial charge in [-0.3, -0.25) is 4.79 Å². The Balaban J connectivity index is 0.00000169. The van der Waals surface area contributed by atoms with Crippen molar-refractivity contribution in [2.75, 3.05) is 6.61 Å². The molecule has 0 saturated heterocycles. The summed E-state index contributed by atoms with van der Waals surface area (Å²) < 4.78 is 4.84. The molecule has 1 atom stereocenters. The quantitative estimate of drug-likeness (QED) is 0.718. The van der Waals surface area contributed by atoms with Gasteiger partial charge in [0.1, 0.15) is 5.92 Å². The second-order valence-corrected chi connectivity index (χ2v) is 2.88. The minimum absolute atomic E-state index is 0. The average Bonchev–Trinajstić information content (AvgIpc) is 2.10. The normalized spacial score (nSPS) is 19.7. The first kappa shape index (κ1) is 12.9. The van der Waals surface area contributed by atoms with Gasteiger partial charge in [-0.25, -0.2) is 0 Å². The number of allylic oxidation sites excluding steroid dienone is 3. The molecular formula is C10H14ClNO2. The number of nitrogens with one attached hydrogen (secondary N) is 1. The number of rotatable bonds is 2. The zero-order valence-electron chi connectivity index (χ0n) is 8.24. The fraction of sp³-hybridized carbons (Fsp3) is 0.400. The summed E-state index contributed by atoms with van der Waals surface area (Å²) in [6.45, 7) is 3.94. The molecule has 0 heterocycles. The zero-order valence-corrected chi connectivity index (χ0v) is 9.06. The number of esters is 1. The number of hydrogen-bond donors (Lipinski definition) is 1. The first-order valence-electron chi connectivity index (χ1n) is 4.27. The van der Waals surface area contributed by atoms with Crippen molar-refractivity contribution in [3.63, 3.8) is 0 Å². The number of carbonyl (C=O) groups excluding carboxylic acids is 1. The summed E-state index contributed by atoms with van der Waals surface area (Å²) in [5, 5.41) is 7.64. The SMILES string of the molecule is CCOC(=O)C1C=CC=C(C)C1=N.Cl. The Morgan fingerprint density at radius 1 is 1.64 bits per heavy atom. The van der Waals surface area contributed by atoms with Crippen molar-refractivity contribution in [1.29, 1.82) is 5.41 Å². The van der Waals surface area contributed by atoms with Crippen LogP contribution in [0.25, 0.3) is 0 Å². The van der Waals surface area contributed by atoms with E-state index in [0.29, 0.717) is 12.3 Å². The van der Waals surface area contributed by atoms with Crippen molar-refractivity contribution < 1.29 is 9.53 Å². The number of ether oxygens (including phenoxy) is 1. The van der Waals surface area contributed by atoms with E-state index in [-0.39, 0.29) is 18.4 Å². The second kappa shape index (κ2) is 5.60. The van der Waals surface area contributed by atoms with Crippen molar-refractivity contribution in [2.24, 2.45) is 5.92 Å². The van der Waals surface area contributed by atoms with E-state index in [2.05, 4.69) is 0 Å². The minimum atomic E-state index is -0.509. The van der Waals surface area contributed by atoms with Crippen LogP contribution in [0.4, 0.5) is 0 Å². The Hall–Kier alpha value is -1.09. The van der Waals surface area contributed by atoms with Crippen LogP contribution < -0.4 is 0 Å². The smallest absolute Gasteiger partial charge is 0.318 e. The highest BCUT2D eigenvalue weighted by atomic mass is 35.5. The van der Waals surface area contributed by atoms with Crippen LogP contribution in [-0.4, -0.2) is 18.3 Å². The average molecular weight is 216 g/mol. The van der Waals surface area contributed by atoms with Crippen molar-refractivity contribution >= 4 is 24.1 Å². The predicted octanol–water partition coefficient (Wildman–Crippen LogP) is 2.12. The molecule has 1 unspecified atom stereocenters. The Bertz CT molecular complexity index is 294. The Kier molecular flexibility index (Phi) is 5.16. The largest absolute Gasteiger partial charge is 0.465 e. The molecule has 0 fully saturated rings. The molecule has 0 aromatic carbocycles. The lowest BCUT2D eigenvalue weighted by atomic mass is 9.93. The molecule has 0 amide bonds. The van der Waals surface area contributed by atoms with Crippen LogP contribution in [0.2, 0.25) is 0 Å². The summed E-state index contributed by atoms with van der Waals surface area (Å²) in [6, 6.07) is 0. The van der Waals surface area contributed by atoms with E-state index >= 15 is 0 Å². The van der Waals surface area contributed by atoms with Crippen LogP contribution in [0, 0.1) is 11.3 Å². The molecule has 0 bridgehead atoms. The van der Waals surface area contributed by atoms with E-state index < -0.39 is 5.92 Å². The van der Waals surface area contributed by atoms with Gasteiger partial charge in [0.05, 0.1) is 12.3 Å². The third kappa shape index (κ3) is 2.70. The topological polar surface area (TPSA) is 50.2 Å². The van der Waals surface area contributed by atoms with E-state index in [1.807, 2.05) is 13.0 Å². The Labute approximate surface area is 89.8 Å². The third-order valence-electron chi connectivity index (χ3n) is 1.93. The summed E-state index contributed by atoms with van der Waals surface area (Å²) in [4.78, 5) is 11.3. The first-order valence-corrected chi connectivity index (χ1v) is 4.27. The van der Waals surface area contributed by atoms with Gasteiger partial charge in [0.25, 0.3) is 0 Å². The highest BCUT2D eigenvalue weighted by molar-refractivity contribution is 6.12. The molecule has 0 aromatic rings. The van der Waals surface area contributed by atoms with Crippen molar-refractivity contribution in [1.82, 2.24) is 0 Å². The van der Waals surface area contributed by atoms with Crippen molar-refractivity contribution in [3.8, 4) is 0 Å². The maximum absolute atomic E-state index is 11.3. The number of halogens is 1. The van der Waals surface area contributed by atoms with Crippen molar-refractivity contribution in [2.45, 2.75) is 13.8 Å². The maximum atomic E-state index is 11.3. The van der Waals surface area contributed by atoms with Gasteiger partial charge in [-0.2, -0.15) is 0 Å². The van der Waals surface area contributed by atoms with E-state index in [1.165, 1.54) is 0 Å². The van der Waals surface area contributed by atoms with Crippen LogP contribution in [0.5, 0.6) is 0 Å². The molecule has 1 aliphatic carbocycles. The molecule has 0 saturated carbocycles. The van der Waals surface area contributed by atoms with Gasteiger partial charge >= 0.3 is 5.97 Å². The fourth-order valence-electron chi connectivity index (χ4n) is 1.17. The van der Waals surface area contributed by atoms with E-state index in [9.17, 15) is 4.79 Å². The van der Waals surface area contributed by atoms with Gasteiger partial charge in [0.15, 0.2) is 0 Å². The number of carbonyl (C=O) groups is 1. The Morgan fingerprint density at radius 3 is 2.86 bits per heavy atom. The highest BCUT2D eigenvalue weighted by Crippen LogP contribution is 2.15. The maximum Gasteiger partial charge on any atom is 0.318 e. The lowest BCUT2D eigenvalue weighted by molar-refractivity contribution is -0.144. The molecular weight excluding hydrogens is 202 g/mol. The van der Waals surface area contributed by atoms with Gasteiger partial charge in [-0.15, -0.1) is 12.4 Å². The molecule has 0 spiro atoms. The van der Waals surface area contributed by atoms with E-state index in [1.54, 1.807) is 19.1 Å². The van der Waals surface area contributed by atoms with Gasteiger partial charge in [0, 0.05) is 0 Å². The van der Waals surface area contributed by atoms with E-state index in [0.717, 1.165) is 5.57 Å². The standard InChI is InChI=1S/C10H13NO2.ClH/c1-3-13-10(12)8-6-4-5-7(2)9(8)11;/h4-6,8,11H,3H2,1-2H3;1H. The van der Waals surface area contributed by atoms with E-state index in [4.69, 9.17) is 10.1 Å². The van der Waals surface area contributed by atoms with Crippen LogP contribution >= 0.6 is 12.4 Å². The van der Waals surface area contributed by atoms with Crippen LogP contribution in [0.3, 0.4) is 0 Å². The fourth-order valence-corrected chi connectivity index (χ4v) is 1.17. The zero-order chi connectivity index (χ0) is 9.84. The Morgan fingerprint density at radius 2 is 2.29 bits per heavy atom. The summed E-state index contributed by atoms with van der Waals surface area (Å²) in [5.74, 6) is -0.846. The van der Waals surface area contributed by atoms with Gasteiger partial charge < -0.3 is 10.1 Å². The third-order valence-corrected chi connectivity index (χ3v) is 1.93. The van der Waals surface area contributed by atoms with Crippen LogP contribution in [0.15, 0.2) is 23.8 Å².